The number of benzene rings is 1. The third kappa shape index (κ3) is 2.99. The van der Waals surface area contributed by atoms with E-state index in [2.05, 4.69) is 15.5 Å². The molecule has 3 rings (SSSR count). The Hall–Kier alpha value is -2.17. The van der Waals surface area contributed by atoms with Crippen molar-refractivity contribution >= 4 is 5.91 Å². The highest BCUT2D eigenvalue weighted by Crippen LogP contribution is 2.28. The van der Waals surface area contributed by atoms with E-state index in [4.69, 9.17) is 4.52 Å². The summed E-state index contributed by atoms with van der Waals surface area (Å²) in [6, 6.07) is 9.64. The molecule has 1 aromatic heterocycles. The van der Waals surface area contributed by atoms with Crippen LogP contribution in [0.3, 0.4) is 0 Å². The van der Waals surface area contributed by atoms with Crippen LogP contribution in [0.1, 0.15) is 18.7 Å². The van der Waals surface area contributed by atoms with E-state index in [1.165, 1.54) is 0 Å². The number of hydrogen-bond acceptors (Lipinski definition) is 4. The zero-order chi connectivity index (χ0) is 13.1. The summed E-state index contributed by atoms with van der Waals surface area (Å²) in [5.41, 5.74) is 0.906. The van der Waals surface area contributed by atoms with Gasteiger partial charge in [0.2, 0.25) is 5.91 Å². The molecular weight excluding hydrogens is 242 g/mol. The second-order valence-corrected chi connectivity index (χ2v) is 4.70. The molecule has 1 amide bonds. The van der Waals surface area contributed by atoms with E-state index in [0.717, 1.165) is 18.4 Å². The lowest BCUT2D eigenvalue weighted by Gasteiger charge is -2.00. The zero-order valence-electron chi connectivity index (χ0n) is 10.5. The van der Waals surface area contributed by atoms with Crippen LogP contribution in [0.4, 0.5) is 0 Å². The highest BCUT2D eigenvalue weighted by atomic mass is 16.5. The molecule has 5 heteroatoms. The molecule has 1 N–H and O–H groups in total. The summed E-state index contributed by atoms with van der Waals surface area (Å²) in [6.45, 7) is 0.559. The molecule has 1 aromatic carbocycles. The first-order chi connectivity index (χ1) is 9.33. The third-order valence-electron chi connectivity index (χ3n) is 3.08. The van der Waals surface area contributed by atoms with Gasteiger partial charge in [0.05, 0.1) is 0 Å². The van der Waals surface area contributed by atoms with Crippen molar-refractivity contribution in [3.63, 3.8) is 0 Å². The minimum absolute atomic E-state index is 0.145. The molecule has 0 spiro atoms. The van der Waals surface area contributed by atoms with Crippen LogP contribution in [0.2, 0.25) is 0 Å². The number of rotatable bonds is 5. The Morgan fingerprint density at radius 3 is 2.84 bits per heavy atom. The maximum atomic E-state index is 11.4. The van der Waals surface area contributed by atoms with Gasteiger partial charge in [-0.3, -0.25) is 4.79 Å². The first-order valence-electron chi connectivity index (χ1n) is 6.48. The van der Waals surface area contributed by atoms with E-state index < -0.39 is 0 Å². The summed E-state index contributed by atoms with van der Waals surface area (Å²) >= 11 is 0. The molecule has 0 atom stereocenters. The number of nitrogens with one attached hydrogen (secondary N) is 1. The Bertz CT molecular complexity index is 561. The van der Waals surface area contributed by atoms with Gasteiger partial charge in [0.15, 0.2) is 5.82 Å². The lowest BCUT2D eigenvalue weighted by Crippen LogP contribution is -2.27. The van der Waals surface area contributed by atoms with Crippen LogP contribution in [-0.2, 0) is 11.2 Å². The molecule has 1 aliphatic rings. The van der Waals surface area contributed by atoms with Gasteiger partial charge in [-0.15, -0.1) is 0 Å². The average Bonchev–Trinajstić information content (AvgIpc) is 3.20. The molecule has 1 fully saturated rings. The molecule has 1 saturated carbocycles. The van der Waals surface area contributed by atoms with Crippen molar-refractivity contribution in [1.29, 1.82) is 0 Å². The van der Waals surface area contributed by atoms with Gasteiger partial charge in [0, 0.05) is 24.4 Å². The lowest BCUT2D eigenvalue weighted by atomic mass is 10.2. The van der Waals surface area contributed by atoms with E-state index in [1.54, 1.807) is 0 Å². The second-order valence-electron chi connectivity index (χ2n) is 4.70. The highest BCUT2D eigenvalue weighted by Gasteiger charge is 2.29. The van der Waals surface area contributed by atoms with Crippen LogP contribution in [0.25, 0.3) is 11.5 Å². The van der Waals surface area contributed by atoms with Gasteiger partial charge in [0.25, 0.3) is 5.89 Å². The fourth-order valence-electron chi connectivity index (χ4n) is 1.84. The summed E-state index contributed by atoms with van der Waals surface area (Å²) in [5.74, 6) is 1.52. The van der Waals surface area contributed by atoms with E-state index in [-0.39, 0.29) is 11.8 Å². The Labute approximate surface area is 111 Å². The number of nitrogens with zero attached hydrogens (tertiary/aromatic N) is 2. The molecule has 1 heterocycles. The molecule has 0 radical (unpaired) electrons. The van der Waals surface area contributed by atoms with Crippen LogP contribution in [0.5, 0.6) is 0 Å². The molecule has 1 aliphatic carbocycles. The van der Waals surface area contributed by atoms with Gasteiger partial charge in [-0.1, -0.05) is 23.4 Å². The predicted octanol–water partition coefficient (Wildman–Crippen LogP) is 1.81. The van der Waals surface area contributed by atoms with Crippen LogP contribution in [0, 0.1) is 5.92 Å². The fourth-order valence-corrected chi connectivity index (χ4v) is 1.84. The standard InChI is InChI=1S/C14H15N3O2/c18-13(10-6-7-10)15-9-8-12-16-14(19-17-12)11-4-2-1-3-5-11/h1-5,10H,6-9H2,(H,15,18). The van der Waals surface area contributed by atoms with E-state index >= 15 is 0 Å². The van der Waals surface area contributed by atoms with Gasteiger partial charge in [-0.05, 0) is 25.0 Å². The Morgan fingerprint density at radius 2 is 2.11 bits per heavy atom. The molecule has 2 aromatic rings. The number of carbonyl (C=O) groups is 1. The van der Waals surface area contributed by atoms with Crippen molar-refractivity contribution < 1.29 is 9.32 Å². The van der Waals surface area contributed by atoms with Gasteiger partial charge >= 0.3 is 0 Å². The summed E-state index contributed by atoms with van der Waals surface area (Å²) < 4.78 is 5.19. The normalized spacial score (nSPS) is 14.3. The first kappa shape index (κ1) is 11.9. The summed E-state index contributed by atoms with van der Waals surface area (Å²) in [4.78, 5) is 15.8. The van der Waals surface area contributed by atoms with Crippen molar-refractivity contribution in [3.05, 3.63) is 36.2 Å². The van der Waals surface area contributed by atoms with Crippen molar-refractivity contribution in [3.8, 4) is 11.5 Å². The summed E-state index contributed by atoms with van der Waals surface area (Å²) in [5, 5.41) is 6.79. The second kappa shape index (κ2) is 5.22. The van der Waals surface area contributed by atoms with Crippen molar-refractivity contribution in [1.82, 2.24) is 15.5 Å². The van der Waals surface area contributed by atoms with Crippen LogP contribution >= 0.6 is 0 Å². The number of aromatic nitrogens is 2. The average molecular weight is 257 g/mol. The molecule has 0 bridgehead atoms. The monoisotopic (exact) mass is 257 g/mol. The van der Waals surface area contributed by atoms with Crippen LogP contribution < -0.4 is 5.32 Å². The van der Waals surface area contributed by atoms with Gasteiger partial charge < -0.3 is 9.84 Å². The molecule has 0 unspecified atom stereocenters. The number of hydrogen-bond donors (Lipinski definition) is 1. The SMILES string of the molecule is O=C(NCCc1noc(-c2ccccc2)n1)C1CC1. The maximum absolute atomic E-state index is 11.4. The first-order valence-corrected chi connectivity index (χ1v) is 6.48. The fraction of sp³-hybridized carbons (Fsp3) is 0.357. The van der Waals surface area contributed by atoms with Crippen molar-refractivity contribution in [2.24, 2.45) is 5.92 Å². The molecule has 19 heavy (non-hydrogen) atoms. The molecule has 5 nitrogen and oxygen atoms in total. The maximum Gasteiger partial charge on any atom is 0.257 e. The predicted molar refractivity (Wildman–Crippen MR) is 69.2 cm³/mol. The highest BCUT2D eigenvalue weighted by molar-refractivity contribution is 5.80. The molecule has 98 valence electrons. The number of carbonyl (C=O) groups excluding carboxylic acids is 1. The molecular formula is C14H15N3O2. The zero-order valence-corrected chi connectivity index (χ0v) is 10.5. The minimum atomic E-state index is 0.145. The topological polar surface area (TPSA) is 68.0 Å². The largest absolute Gasteiger partial charge is 0.355 e. The molecule has 0 aliphatic heterocycles. The summed E-state index contributed by atoms with van der Waals surface area (Å²) in [6.07, 6.45) is 2.63. The Kier molecular flexibility index (Phi) is 3.27. The smallest absolute Gasteiger partial charge is 0.257 e. The Balaban J connectivity index is 1.54. The van der Waals surface area contributed by atoms with E-state index in [1.807, 2.05) is 30.3 Å². The van der Waals surface area contributed by atoms with E-state index in [0.29, 0.717) is 24.7 Å². The Morgan fingerprint density at radius 1 is 1.32 bits per heavy atom. The number of amides is 1. The van der Waals surface area contributed by atoms with Crippen LogP contribution in [0.15, 0.2) is 34.9 Å². The van der Waals surface area contributed by atoms with E-state index in [9.17, 15) is 4.79 Å². The summed E-state index contributed by atoms with van der Waals surface area (Å²) in [7, 11) is 0. The van der Waals surface area contributed by atoms with Crippen molar-refractivity contribution in [2.75, 3.05) is 6.54 Å². The third-order valence-corrected chi connectivity index (χ3v) is 3.08. The minimum Gasteiger partial charge on any atom is -0.355 e. The van der Waals surface area contributed by atoms with Gasteiger partial charge in [-0.25, -0.2) is 0 Å². The van der Waals surface area contributed by atoms with Crippen molar-refractivity contribution in [2.45, 2.75) is 19.3 Å². The van der Waals surface area contributed by atoms with Gasteiger partial charge in [0.1, 0.15) is 0 Å². The van der Waals surface area contributed by atoms with Crippen LogP contribution in [-0.4, -0.2) is 22.6 Å². The van der Waals surface area contributed by atoms with Gasteiger partial charge in [-0.2, -0.15) is 4.98 Å². The quantitative estimate of drug-likeness (QED) is 0.887. The molecule has 0 saturated heterocycles. The lowest BCUT2D eigenvalue weighted by molar-refractivity contribution is -0.122.